The molecule has 0 aliphatic carbocycles. The second-order valence-electron chi connectivity index (χ2n) is 15.8. The molecule has 11 aromatic rings. The van der Waals surface area contributed by atoms with E-state index >= 15 is 0 Å². The van der Waals surface area contributed by atoms with Gasteiger partial charge in [-0.1, -0.05) is 176 Å². The minimum atomic E-state index is 0.554. The molecule has 0 bridgehead atoms. The molecule has 0 N–H and O–H groups in total. The summed E-state index contributed by atoms with van der Waals surface area (Å²) >= 11 is 0. The molecule has 63 heavy (non-hydrogen) atoms. The Labute approximate surface area is 365 Å². The number of benzene rings is 8. The first-order chi connectivity index (χ1) is 31.2. The van der Waals surface area contributed by atoms with Crippen LogP contribution in [0.15, 0.2) is 218 Å². The molecule has 0 saturated heterocycles. The maximum atomic E-state index is 5.39. The average molecular weight is 807 g/mol. The smallest absolute Gasteiger partial charge is 0.238 e. The third-order valence-corrected chi connectivity index (χ3v) is 12.1. The monoisotopic (exact) mass is 806 g/mol. The van der Waals surface area contributed by atoms with Crippen molar-refractivity contribution >= 4 is 38.9 Å². The van der Waals surface area contributed by atoms with Crippen LogP contribution in [0.1, 0.15) is 11.1 Å². The van der Waals surface area contributed by atoms with Crippen LogP contribution in [-0.4, -0.2) is 24.5 Å². The number of nitrogens with zero attached hydrogens (tertiary/aromatic N) is 6. The molecule has 1 aliphatic rings. The predicted octanol–water partition coefficient (Wildman–Crippen LogP) is 14.1. The Hall–Kier alpha value is -8.48. The lowest BCUT2D eigenvalue weighted by Crippen LogP contribution is -2.19. The molecule has 0 fully saturated rings. The van der Waals surface area contributed by atoms with Gasteiger partial charge in [0.05, 0.1) is 33.8 Å². The third kappa shape index (κ3) is 6.35. The van der Waals surface area contributed by atoms with Gasteiger partial charge in [-0.15, -0.1) is 0 Å². The first-order valence-electron chi connectivity index (χ1n) is 21.3. The van der Waals surface area contributed by atoms with Gasteiger partial charge >= 0.3 is 0 Å². The summed E-state index contributed by atoms with van der Waals surface area (Å²) in [5.41, 5.74) is 15.8. The largest absolute Gasteiger partial charge is 0.309 e. The zero-order chi connectivity index (χ0) is 41.7. The molecule has 6 nitrogen and oxygen atoms in total. The summed E-state index contributed by atoms with van der Waals surface area (Å²) in [7, 11) is 0. The number of para-hydroxylation sites is 3. The fourth-order valence-corrected chi connectivity index (χ4v) is 9.18. The highest BCUT2D eigenvalue weighted by atomic mass is 15.2. The molecule has 1 aliphatic heterocycles. The van der Waals surface area contributed by atoms with Crippen LogP contribution in [0, 0.1) is 0 Å². The van der Waals surface area contributed by atoms with E-state index in [4.69, 9.17) is 19.9 Å². The van der Waals surface area contributed by atoms with Crippen LogP contribution in [0.4, 0.5) is 17.1 Å². The van der Waals surface area contributed by atoms with E-state index in [0.717, 1.165) is 90.1 Å². The minimum absolute atomic E-state index is 0.554. The van der Waals surface area contributed by atoms with Crippen molar-refractivity contribution in [2.45, 2.75) is 6.42 Å². The lowest BCUT2D eigenvalue weighted by atomic mass is 9.92. The van der Waals surface area contributed by atoms with Crippen LogP contribution in [0.2, 0.25) is 0 Å². The van der Waals surface area contributed by atoms with E-state index in [9.17, 15) is 0 Å². The van der Waals surface area contributed by atoms with Crippen LogP contribution < -0.4 is 4.90 Å². The van der Waals surface area contributed by atoms with Crippen LogP contribution in [0.25, 0.3) is 84.2 Å². The third-order valence-electron chi connectivity index (χ3n) is 12.1. The molecule has 0 amide bonds. The van der Waals surface area contributed by atoms with Crippen molar-refractivity contribution in [1.82, 2.24) is 24.5 Å². The molecular formula is C57H38N6. The number of hydrogen-bond donors (Lipinski definition) is 0. The number of hydrogen-bond acceptors (Lipinski definition) is 5. The molecule has 4 heterocycles. The van der Waals surface area contributed by atoms with Crippen molar-refractivity contribution in [1.29, 1.82) is 0 Å². The van der Waals surface area contributed by atoms with E-state index in [1.54, 1.807) is 0 Å². The van der Waals surface area contributed by atoms with E-state index in [-0.39, 0.29) is 0 Å². The van der Waals surface area contributed by atoms with Crippen LogP contribution in [0.5, 0.6) is 0 Å². The lowest BCUT2D eigenvalue weighted by Gasteiger charge is -2.35. The normalized spacial score (nSPS) is 12.0. The van der Waals surface area contributed by atoms with Crippen LogP contribution in [-0.2, 0) is 6.42 Å². The Morgan fingerprint density at radius 2 is 0.937 bits per heavy atom. The first kappa shape index (κ1) is 36.4. The minimum Gasteiger partial charge on any atom is -0.309 e. The van der Waals surface area contributed by atoms with E-state index in [0.29, 0.717) is 17.6 Å². The summed E-state index contributed by atoms with van der Waals surface area (Å²) in [4.78, 5) is 23.6. The Balaban J connectivity index is 1.10. The molecule has 6 heteroatoms. The quantitative estimate of drug-likeness (QED) is 0.161. The molecule has 8 aromatic carbocycles. The second-order valence-corrected chi connectivity index (χ2v) is 15.8. The molecule has 0 atom stereocenters. The van der Waals surface area contributed by atoms with Gasteiger partial charge in [-0.25, -0.2) is 9.97 Å². The van der Waals surface area contributed by atoms with E-state index < -0.39 is 0 Å². The predicted molar refractivity (Wildman–Crippen MR) is 257 cm³/mol. The molecule has 0 radical (unpaired) electrons. The SMILES string of the molecule is c1ccc(-c2cccc(-c3ccccc3N3c4ccccc4Cc4cc5c6ccccc6n(-c6nc(-c7ccccc7)nc(-c7ccccc7-c7ccccc7)n6)c5cc43)n2)cc1. The van der Waals surface area contributed by atoms with Crippen molar-refractivity contribution in [3.8, 4) is 62.4 Å². The van der Waals surface area contributed by atoms with Crippen molar-refractivity contribution in [2.24, 2.45) is 0 Å². The molecule has 296 valence electrons. The van der Waals surface area contributed by atoms with Gasteiger partial charge in [0.25, 0.3) is 0 Å². The number of pyridine rings is 1. The molecule has 0 saturated carbocycles. The standard InChI is InChI=1S/C57H38N6/c1-4-19-38(20-5-1)43-26-11-12-28-45(43)56-59-55(40-23-8-3-9-24-40)60-57(61-56)63-51-33-16-13-27-44(51)47-36-42-35-41-25-10-15-32-50(41)62(53(42)37-54(47)63)52-34-17-14-29-46(52)49-31-18-30-48(58-49)39-21-6-2-7-22-39/h1-34,36-37H,35H2. The Kier molecular flexibility index (Phi) is 8.78. The summed E-state index contributed by atoms with van der Waals surface area (Å²) in [5, 5.41) is 2.28. The van der Waals surface area contributed by atoms with Gasteiger partial charge in [0.15, 0.2) is 11.6 Å². The van der Waals surface area contributed by atoms with Gasteiger partial charge < -0.3 is 4.90 Å². The van der Waals surface area contributed by atoms with Crippen molar-refractivity contribution in [3.63, 3.8) is 0 Å². The maximum absolute atomic E-state index is 5.39. The zero-order valence-electron chi connectivity index (χ0n) is 34.2. The highest BCUT2D eigenvalue weighted by Gasteiger charge is 2.29. The van der Waals surface area contributed by atoms with Crippen LogP contribution in [0.3, 0.4) is 0 Å². The topological polar surface area (TPSA) is 59.7 Å². The Bertz CT molecular complexity index is 3490. The second kappa shape index (κ2) is 15.2. The molecular weight excluding hydrogens is 769 g/mol. The highest BCUT2D eigenvalue weighted by Crippen LogP contribution is 2.49. The molecule has 3 aromatic heterocycles. The maximum Gasteiger partial charge on any atom is 0.238 e. The summed E-state index contributed by atoms with van der Waals surface area (Å²) < 4.78 is 2.23. The lowest BCUT2D eigenvalue weighted by molar-refractivity contribution is 0.953. The average Bonchev–Trinajstić information content (AvgIpc) is 3.68. The Morgan fingerprint density at radius 1 is 0.333 bits per heavy atom. The number of anilines is 3. The van der Waals surface area contributed by atoms with Gasteiger partial charge in [0.2, 0.25) is 5.95 Å². The van der Waals surface area contributed by atoms with E-state index in [1.165, 1.54) is 11.1 Å². The van der Waals surface area contributed by atoms with E-state index in [2.05, 4.69) is 198 Å². The molecule has 0 spiro atoms. The molecule has 12 rings (SSSR count). The van der Waals surface area contributed by atoms with Gasteiger partial charge in [-0.2, -0.15) is 9.97 Å². The fourth-order valence-electron chi connectivity index (χ4n) is 9.18. The van der Waals surface area contributed by atoms with E-state index in [1.807, 2.05) is 30.3 Å². The van der Waals surface area contributed by atoms with Crippen molar-refractivity contribution < 1.29 is 0 Å². The number of aromatic nitrogens is 5. The highest BCUT2D eigenvalue weighted by molar-refractivity contribution is 6.11. The van der Waals surface area contributed by atoms with Gasteiger partial charge in [-0.3, -0.25) is 4.57 Å². The summed E-state index contributed by atoms with van der Waals surface area (Å²) in [6.07, 6.45) is 0.797. The van der Waals surface area contributed by atoms with Crippen LogP contribution >= 0.6 is 0 Å². The van der Waals surface area contributed by atoms with Gasteiger partial charge in [-0.05, 0) is 64.7 Å². The summed E-state index contributed by atoms with van der Waals surface area (Å²) in [6.45, 7) is 0. The van der Waals surface area contributed by atoms with Crippen molar-refractivity contribution in [2.75, 3.05) is 4.90 Å². The van der Waals surface area contributed by atoms with Crippen molar-refractivity contribution in [3.05, 3.63) is 230 Å². The molecule has 0 unspecified atom stereocenters. The summed E-state index contributed by atoms with van der Waals surface area (Å²) in [6, 6.07) is 76.4. The van der Waals surface area contributed by atoms with Gasteiger partial charge in [0.1, 0.15) is 0 Å². The summed E-state index contributed by atoms with van der Waals surface area (Å²) in [5.74, 6) is 1.77. The number of rotatable bonds is 7. The Morgan fingerprint density at radius 3 is 1.73 bits per heavy atom. The van der Waals surface area contributed by atoms with Gasteiger partial charge in [0, 0.05) is 45.1 Å². The zero-order valence-corrected chi connectivity index (χ0v) is 34.2. The first-order valence-corrected chi connectivity index (χ1v) is 21.3. The fraction of sp³-hybridized carbons (Fsp3) is 0.0175. The number of fused-ring (bicyclic) bond motifs is 5.